The van der Waals surface area contributed by atoms with Crippen LogP contribution in [-0.2, 0) is 11.3 Å². The van der Waals surface area contributed by atoms with Crippen LogP contribution in [0.25, 0.3) is 0 Å². The van der Waals surface area contributed by atoms with E-state index in [1.807, 2.05) is 54.6 Å². The van der Waals surface area contributed by atoms with E-state index in [1.165, 1.54) is 0 Å². The van der Waals surface area contributed by atoms with E-state index in [1.54, 1.807) is 0 Å². The van der Waals surface area contributed by atoms with Gasteiger partial charge in [0, 0.05) is 6.54 Å². The van der Waals surface area contributed by atoms with Crippen molar-refractivity contribution in [2.75, 3.05) is 0 Å². The molecule has 0 spiro atoms. The van der Waals surface area contributed by atoms with E-state index >= 15 is 0 Å². The van der Waals surface area contributed by atoms with Crippen LogP contribution in [0.5, 0.6) is 11.5 Å². The zero-order valence-electron chi connectivity index (χ0n) is 13.1. The molecule has 1 saturated carbocycles. The number of nitrogens with one attached hydrogen (secondary N) is 1. The summed E-state index contributed by atoms with van der Waals surface area (Å²) in [6.45, 7) is 0.489. The maximum Gasteiger partial charge on any atom is 0.240 e. The molecular weight excluding hydrogens is 288 g/mol. The Kier molecular flexibility index (Phi) is 4.63. The number of carbonyl (C=O) groups excluding carboxylic acids is 1. The lowest BCUT2D eigenvalue weighted by atomic mass is 9.98. The number of para-hydroxylation sites is 1. The van der Waals surface area contributed by atoms with Crippen LogP contribution in [0.2, 0.25) is 0 Å². The summed E-state index contributed by atoms with van der Waals surface area (Å²) >= 11 is 0. The lowest BCUT2D eigenvalue weighted by Crippen LogP contribution is -2.51. The van der Waals surface area contributed by atoms with E-state index in [0.717, 1.165) is 42.7 Å². The van der Waals surface area contributed by atoms with Crippen LogP contribution >= 0.6 is 0 Å². The van der Waals surface area contributed by atoms with Gasteiger partial charge in [-0.1, -0.05) is 43.2 Å². The first-order valence-electron chi connectivity index (χ1n) is 8.05. The Hall–Kier alpha value is -2.33. The minimum atomic E-state index is -0.670. The summed E-state index contributed by atoms with van der Waals surface area (Å²) in [6.07, 6.45) is 3.64. The lowest BCUT2D eigenvalue weighted by Gasteiger charge is -2.22. The minimum absolute atomic E-state index is 0.0420. The minimum Gasteiger partial charge on any atom is -0.457 e. The van der Waals surface area contributed by atoms with Gasteiger partial charge in [-0.05, 0) is 42.7 Å². The second kappa shape index (κ2) is 6.84. The van der Waals surface area contributed by atoms with Crippen LogP contribution in [0, 0.1) is 0 Å². The Labute approximate surface area is 136 Å². The molecular formula is C19H22N2O2. The van der Waals surface area contributed by atoms with Gasteiger partial charge < -0.3 is 15.8 Å². The number of ether oxygens (including phenoxy) is 1. The standard InChI is InChI=1S/C19H22N2O2/c20-19(12-4-5-13-19)18(22)21-14-15-8-10-17(11-9-15)23-16-6-2-1-3-7-16/h1-3,6-11H,4-5,12-14,20H2,(H,21,22). The molecule has 0 aliphatic heterocycles. The van der Waals surface area contributed by atoms with Crippen LogP contribution < -0.4 is 15.8 Å². The molecule has 3 N–H and O–H groups in total. The highest BCUT2D eigenvalue weighted by atomic mass is 16.5. The third kappa shape index (κ3) is 3.90. The number of nitrogens with two attached hydrogens (primary N) is 1. The maximum atomic E-state index is 12.2. The summed E-state index contributed by atoms with van der Waals surface area (Å²) in [5.74, 6) is 1.54. The molecule has 1 aliphatic rings. The van der Waals surface area contributed by atoms with Gasteiger partial charge >= 0.3 is 0 Å². The molecule has 2 aromatic rings. The number of benzene rings is 2. The summed E-state index contributed by atoms with van der Waals surface area (Å²) in [7, 11) is 0. The third-order valence-electron chi connectivity index (χ3n) is 4.30. The Morgan fingerprint density at radius 1 is 1.00 bits per heavy atom. The zero-order valence-corrected chi connectivity index (χ0v) is 13.1. The van der Waals surface area contributed by atoms with Gasteiger partial charge in [-0.2, -0.15) is 0 Å². The fourth-order valence-electron chi connectivity index (χ4n) is 2.89. The van der Waals surface area contributed by atoms with Crippen LogP contribution in [0.3, 0.4) is 0 Å². The molecule has 4 nitrogen and oxygen atoms in total. The Balaban J connectivity index is 1.54. The van der Waals surface area contributed by atoms with Crippen LogP contribution in [-0.4, -0.2) is 11.4 Å². The van der Waals surface area contributed by atoms with Gasteiger partial charge in [-0.3, -0.25) is 4.79 Å². The predicted molar refractivity (Wildman–Crippen MR) is 90.2 cm³/mol. The van der Waals surface area contributed by atoms with Crippen molar-refractivity contribution in [2.24, 2.45) is 5.73 Å². The SMILES string of the molecule is NC1(C(=O)NCc2ccc(Oc3ccccc3)cc2)CCCC1. The lowest BCUT2D eigenvalue weighted by molar-refractivity contribution is -0.126. The van der Waals surface area contributed by atoms with Gasteiger partial charge in [0.15, 0.2) is 0 Å². The molecule has 1 amide bonds. The third-order valence-corrected chi connectivity index (χ3v) is 4.30. The zero-order chi connectivity index (χ0) is 16.1. The highest BCUT2D eigenvalue weighted by Gasteiger charge is 2.36. The van der Waals surface area contributed by atoms with E-state index < -0.39 is 5.54 Å². The molecule has 120 valence electrons. The van der Waals surface area contributed by atoms with Crippen LogP contribution in [0.4, 0.5) is 0 Å². The fourth-order valence-corrected chi connectivity index (χ4v) is 2.89. The molecule has 1 fully saturated rings. The predicted octanol–water partition coefficient (Wildman–Crippen LogP) is 3.37. The van der Waals surface area contributed by atoms with E-state index in [0.29, 0.717) is 6.54 Å². The van der Waals surface area contributed by atoms with Crippen molar-refractivity contribution < 1.29 is 9.53 Å². The average Bonchev–Trinajstić information content (AvgIpc) is 3.03. The average molecular weight is 310 g/mol. The van der Waals surface area contributed by atoms with E-state index in [2.05, 4.69) is 5.32 Å². The molecule has 0 radical (unpaired) electrons. The summed E-state index contributed by atoms with van der Waals surface area (Å²) in [6, 6.07) is 17.4. The maximum absolute atomic E-state index is 12.2. The summed E-state index contributed by atoms with van der Waals surface area (Å²) in [5, 5.41) is 2.95. The van der Waals surface area contributed by atoms with Crippen molar-refractivity contribution in [2.45, 2.75) is 37.8 Å². The topological polar surface area (TPSA) is 64.4 Å². The van der Waals surface area contributed by atoms with Crippen molar-refractivity contribution >= 4 is 5.91 Å². The molecule has 3 rings (SSSR count). The highest BCUT2D eigenvalue weighted by Crippen LogP contribution is 2.27. The summed E-state index contributed by atoms with van der Waals surface area (Å²) < 4.78 is 5.75. The molecule has 0 aromatic heterocycles. The normalized spacial score (nSPS) is 16.0. The van der Waals surface area contributed by atoms with Crippen molar-refractivity contribution in [1.82, 2.24) is 5.32 Å². The van der Waals surface area contributed by atoms with Gasteiger partial charge in [0.25, 0.3) is 0 Å². The van der Waals surface area contributed by atoms with Crippen molar-refractivity contribution in [1.29, 1.82) is 0 Å². The first kappa shape index (κ1) is 15.6. The molecule has 0 bridgehead atoms. The summed E-state index contributed by atoms with van der Waals surface area (Å²) in [5.41, 5.74) is 6.50. The monoisotopic (exact) mass is 310 g/mol. The number of carbonyl (C=O) groups is 1. The molecule has 23 heavy (non-hydrogen) atoms. The molecule has 2 aromatic carbocycles. The Bertz CT molecular complexity index is 647. The van der Waals surface area contributed by atoms with Crippen LogP contribution in [0.1, 0.15) is 31.2 Å². The van der Waals surface area contributed by atoms with Gasteiger partial charge in [0.05, 0.1) is 5.54 Å². The van der Waals surface area contributed by atoms with E-state index in [9.17, 15) is 4.79 Å². The molecule has 4 heteroatoms. The van der Waals surface area contributed by atoms with E-state index in [-0.39, 0.29) is 5.91 Å². The largest absolute Gasteiger partial charge is 0.457 e. The summed E-state index contributed by atoms with van der Waals surface area (Å²) in [4.78, 5) is 12.2. The van der Waals surface area contributed by atoms with Gasteiger partial charge in [-0.25, -0.2) is 0 Å². The number of hydrogen-bond donors (Lipinski definition) is 2. The number of hydrogen-bond acceptors (Lipinski definition) is 3. The molecule has 0 heterocycles. The molecule has 1 aliphatic carbocycles. The highest BCUT2D eigenvalue weighted by molar-refractivity contribution is 5.86. The second-order valence-electron chi connectivity index (χ2n) is 6.10. The van der Waals surface area contributed by atoms with Crippen molar-refractivity contribution in [3.8, 4) is 11.5 Å². The van der Waals surface area contributed by atoms with E-state index in [4.69, 9.17) is 10.5 Å². The van der Waals surface area contributed by atoms with Gasteiger partial charge in [0.1, 0.15) is 11.5 Å². The molecule has 0 unspecified atom stereocenters. The van der Waals surface area contributed by atoms with Crippen LogP contribution in [0.15, 0.2) is 54.6 Å². The van der Waals surface area contributed by atoms with Gasteiger partial charge in [0.2, 0.25) is 5.91 Å². The fraction of sp³-hybridized carbons (Fsp3) is 0.316. The second-order valence-corrected chi connectivity index (χ2v) is 6.10. The quantitative estimate of drug-likeness (QED) is 0.890. The Morgan fingerprint density at radius 3 is 2.26 bits per heavy atom. The number of rotatable bonds is 5. The molecule has 0 atom stereocenters. The number of amides is 1. The first-order chi connectivity index (χ1) is 11.2. The smallest absolute Gasteiger partial charge is 0.240 e. The van der Waals surface area contributed by atoms with Crippen molar-refractivity contribution in [3.05, 3.63) is 60.2 Å². The Morgan fingerprint density at radius 2 is 1.61 bits per heavy atom. The van der Waals surface area contributed by atoms with Crippen molar-refractivity contribution in [3.63, 3.8) is 0 Å². The van der Waals surface area contributed by atoms with Gasteiger partial charge in [-0.15, -0.1) is 0 Å². The first-order valence-corrected chi connectivity index (χ1v) is 8.05. The molecule has 0 saturated heterocycles.